The van der Waals surface area contributed by atoms with Crippen LogP contribution in [0.3, 0.4) is 0 Å². The Kier molecular flexibility index (Phi) is 4.14. The molecule has 1 aromatic rings. The fourth-order valence-corrected chi connectivity index (χ4v) is 1.31. The van der Waals surface area contributed by atoms with Gasteiger partial charge in [-0.25, -0.2) is 0 Å². The molecule has 1 rings (SSSR count). The van der Waals surface area contributed by atoms with Gasteiger partial charge in [0.15, 0.2) is 0 Å². The van der Waals surface area contributed by atoms with Crippen LogP contribution < -0.4 is 5.32 Å². The van der Waals surface area contributed by atoms with Crippen LogP contribution in [0.4, 0.5) is 0 Å². The standard InChI is InChI=1S/C11H21N3/c1-9(2)14-8-7-11(13-14)6-5-10(3)12-4/h7-10,12H,5-6H2,1-4H3. The molecule has 1 aromatic heterocycles. The van der Waals surface area contributed by atoms with E-state index in [2.05, 4.69) is 43.4 Å². The van der Waals surface area contributed by atoms with Gasteiger partial charge in [-0.2, -0.15) is 5.10 Å². The van der Waals surface area contributed by atoms with Crippen molar-refractivity contribution >= 4 is 0 Å². The van der Waals surface area contributed by atoms with Crippen LogP contribution in [0.1, 0.15) is 38.9 Å². The lowest BCUT2D eigenvalue weighted by Gasteiger charge is -2.08. The Labute approximate surface area is 86.5 Å². The van der Waals surface area contributed by atoms with Crippen LogP contribution >= 0.6 is 0 Å². The van der Waals surface area contributed by atoms with Crippen LogP contribution in [0.2, 0.25) is 0 Å². The predicted octanol–water partition coefficient (Wildman–Crippen LogP) is 2.00. The van der Waals surface area contributed by atoms with E-state index in [1.807, 2.05) is 11.7 Å². The number of nitrogens with one attached hydrogen (secondary N) is 1. The first kappa shape index (κ1) is 11.2. The minimum Gasteiger partial charge on any atom is -0.317 e. The highest BCUT2D eigenvalue weighted by atomic mass is 15.3. The Morgan fingerprint density at radius 2 is 2.14 bits per heavy atom. The molecule has 0 aromatic carbocycles. The summed E-state index contributed by atoms with van der Waals surface area (Å²) in [6.07, 6.45) is 4.26. The first-order valence-electron chi connectivity index (χ1n) is 5.34. The van der Waals surface area contributed by atoms with Gasteiger partial charge in [0.05, 0.1) is 5.69 Å². The van der Waals surface area contributed by atoms with E-state index in [4.69, 9.17) is 0 Å². The summed E-state index contributed by atoms with van der Waals surface area (Å²) in [6, 6.07) is 3.15. The van der Waals surface area contributed by atoms with Crippen LogP contribution in [-0.2, 0) is 6.42 Å². The summed E-state index contributed by atoms with van der Waals surface area (Å²) in [6.45, 7) is 6.49. The molecule has 1 N–H and O–H groups in total. The van der Waals surface area contributed by atoms with E-state index < -0.39 is 0 Å². The molecule has 1 unspecified atom stereocenters. The van der Waals surface area contributed by atoms with Gasteiger partial charge in [-0.1, -0.05) is 0 Å². The third-order valence-corrected chi connectivity index (χ3v) is 2.52. The largest absolute Gasteiger partial charge is 0.317 e. The third kappa shape index (κ3) is 3.14. The molecule has 0 aliphatic heterocycles. The quantitative estimate of drug-likeness (QED) is 0.779. The van der Waals surface area contributed by atoms with Crippen molar-refractivity contribution in [1.82, 2.24) is 15.1 Å². The summed E-state index contributed by atoms with van der Waals surface area (Å²) in [5, 5.41) is 7.74. The predicted molar refractivity (Wildman–Crippen MR) is 59.5 cm³/mol. The lowest BCUT2D eigenvalue weighted by Crippen LogP contribution is -2.21. The van der Waals surface area contributed by atoms with Crippen molar-refractivity contribution in [2.24, 2.45) is 0 Å². The highest BCUT2D eigenvalue weighted by molar-refractivity contribution is 5.00. The fraction of sp³-hybridized carbons (Fsp3) is 0.727. The summed E-state index contributed by atoms with van der Waals surface area (Å²) in [5.41, 5.74) is 1.20. The van der Waals surface area contributed by atoms with Crippen molar-refractivity contribution in [3.8, 4) is 0 Å². The van der Waals surface area contributed by atoms with Gasteiger partial charge in [0, 0.05) is 18.3 Å². The van der Waals surface area contributed by atoms with Crippen LogP contribution in [-0.4, -0.2) is 22.9 Å². The van der Waals surface area contributed by atoms with Crippen LogP contribution in [0.15, 0.2) is 12.3 Å². The van der Waals surface area contributed by atoms with E-state index >= 15 is 0 Å². The van der Waals surface area contributed by atoms with E-state index in [9.17, 15) is 0 Å². The molecule has 14 heavy (non-hydrogen) atoms. The highest BCUT2D eigenvalue weighted by Gasteiger charge is 2.03. The molecular weight excluding hydrogens is 174 g/mol. The Balaban J connectivity index is 2.44. The molecule has 0 radical (unpaired) electrons. The van der Waals surface area contributed by atoms with Crippen molar-refractivity contribution < 1.29 is 0 Å². The topological polar surface area (TPSA) is 29.9 Å². The summed E-state index contributed by atoms with van der Waals surface area (Å²) < 4.78 is 2.01. The molecule has 80 valence electrons. The Morgan fingerprint density at radius 3 is 2.64 bits per heavy atom. The molecule has 0 saturated heterocycles. The Bertz CT molecular complexity index is 265. The first-order valence-corrected chi connectivity index (χ1v) is 5.34. The zero-order valence-electron chi connectivity index (χ0n) is 9.62. The molecular formula is C11H21N3. The fourth-order valence-electron chi connectivity index (χ4n) is 1.31. The van der Waals surface area contributed by atoms with Crippen molar-refractivity contribution in [2.45, 2.75) is 45.7 Å². The molecule has 0 fully saturated rings. The van der Waals surface area contributed by atoms with Crippen LogP contribution in [0.5, 0.6) is 0 Å². The molecule has 1 atom stereocenters. The lowest BCUT2D eigenvalue weighted by molar-refractivity contribution is 0.516. The minimum atomic E-state index is 0.463. The highest BCUT2D eigenvalue weighted by Crippen LogP contribution is 2.06. The second kappa shape index (κ2) is 5.15. The normalized spacial score (nSPS) is 13.5. The monoisotopic (exact) mass is 195 g/mol. The summed E-state index contributed by atoms with van der Waals surface area (Å²) in [5.74, 6) is 0. The molecule has 1 heterocycles. The Morgan fingerprint density at radius 1 is 1.43 bits per heavy atom. The van der Waals surface area contributed by atoms with E-state index in [-0.39, 0.29) is 0 Å². The second-order valence-corrected chi connectivity index (χ2v) is 4.11. The smallest absolute Gasteiger partial charge is 0.0625 e. The summed E-state index contributed by atoms with van der Waals surface area (Å²) in [7, 11) is 2.00. The molecule has 0 amide bonds. The molecule has 0 bridgehead atoms. The molecule has 0 aliphatic rings. The second-order valence-electron chi connectivity index (χ2n) is 4.11. The lowest BCUT2D eigenvalue weighted by atomic mass is 10.1. The minimum absolute atomic E-state index is 0.463. The molecule has 0 spiro atoms. The molecule has 3 nitrogen and oxygen atoms in total. The summed E-state index contributed by atoms with van der Waals surface area (Å²) in [4.78, 5) is 0. The van der Waals surface area contributed by atoms with Gasteiger partial charge < -0.3 is 5.32 Å². The van der Waals surface area contributed by atoms with Gasteiger partial charge in [0.2, 0.25) is 0 Å². The van der Waals surface area contributed by atoms with Gasteiger partial charge in [-0.3, -0.25) is 4.68 Å². The van der Waals surface area contributed by atoms with E-state index in [1.165, 1.54) is 5.69 Å². The van der Waals surface area contributed by atoms with E-state index in [0.717, 1.165) is 12.8 Å². The number of nitrogens with zero attached hydrogens (tertiary/aromatic N) is 2. The van der Waals surface area contributed by atoms with Gasteiger partial charge >= 0.3 is 0 Å². The van der Waals surface area contributed by atoms with Gasteiger partial charge in [0.25, 0.3) is 0 Å². The third-order valence-electron chi connectivity index (χ3n) is 2.52. The number of hydrogen-bond acceptors (Lipinski definition) is 2. The van der Waals surface area contributed by atoms with Crippen molar-refractivity contribution in [1.29, 1.82) is 0 Å². The zero-order chi connectivity index (χ0) is 10.6. The SMILES string of the molecule is CNC(C)CCc1ccn(C(C)C)n1. The van der Waals surface area contributed by atoms with Crippen molar-refractivity contribution in [3.05, 3.63) is 18.0 Å². The average Bonchev–Trinajstić information content (AvgIpc) is 2.62. The number of hydrogen-bond donors (Lipinski definition) is 1. The average molecular weight is 195 g/mol. The zero-order valence-corrected chi connectivity index (χ0v) is 9.62. The van der Waals surface area contributed by atoms with Gasteiger partial charge in [0.1, 0.15) is 0 Å². The van der Waals surface area contributed by atoms with Crippen LogP contribution in [0, 0.1) is 0 Å². The summed E-state index contributed by atoms with van der Waals surface area (Å²) >= 11 is 0. The Hall–Kier alpha value is -0.830. The maximum atomic E-state index is 4.50. The van der Waals surface area contributed by atoms with Crippen molar-refractivity contribution in [2.75, 3.05) is 7.05 Å². The number of aryl methyl sites for hydroxylation is 1. The molecule has 3 heteroatoms. The number of rotatable bonds is 5. The maximum absolute atomic E-state index is 4.50. The van der Waals surface area contributed by atoms with Gasteiger partial charge in [-0.15, -0.1) is 0 Å². The maximum Gasteiger partial charge on any atom is 0.0625 e. The van der Waals surface area contributed by atoms with Crippen LogP contribution in [0.25, 0.3) is 0 Å². The molecule has 0 saturated carbocycles. The van der Waals surface area contributed by atoms with E-state index in [1.54, 1.807) is 0 Å². The van der Waals surface area contributed by atoms with Crippen molar-refractivity contribution in [3.63, 3.8) is 0 Å². The van der Waals surface area contributed by atoms with E-state index in [0.29, 0.717) is 12.1 Å². The first-order chi connectivity index (χ1) is 6.63. The molecule has 0 aliphatic carbocycles. The number of aromatic nitrogens is 2. The van der Waals surface area contributed by atoms with Gasteiger partial charge in [-0.05, 0) is 46.7 Å².